The van der Waals surface area contributed by atoms with E-state index in [2.05, 4.69) is 26.2 Å². The highest BCUT2D eigenvalue weighted by Crippen LogP contribution is 2.29. The molecule has 2 rings (SSSR count). The van der Waals surface area contributed by atoms with Crippen molar-refractivity contribution < 1.29 is 9.18 Å². The lowest BCUT2D eigenvalue weighted by atomic mass is 10.2. The third kappa shape index (κ3) is 3.30. The molecular formula is C13H9BrClFN2O. The minimum atomic E-state index is -0.561. The lowest BCUT2D eigenvalue weighted by Crippen LogP contribution is -2.13. The molecule has 1 aromatic heterocycles. The summed E-state index contributed by atoms with van der Waals surface area (Å²) in [6, 6.07) is 4.54. The number of amides is 1. The van der Waals surface area contributed by atoms with Gasteiger partial charge in [-0.05, 0) is 46.6 Å². The zero-order valence-electron chi connectivity index (χ0n) is 9.88. The number of carbonyl (C=O) groups is 1. The average Bonchev–Trinajstić information content (AvgIpc) is 2.36. The molecule has 0 bridgehead atoms. The molecule has 0 saturated heterocycles. The van der Waals surface area contributed by atoms with Gasteiger partial charge in [0.15, 0.2) is 0 Å². The number of hydrogen-bond acceptors (Lipinski definition) is 2. The maximum absolute atomic E-state index is 13.0. The number of pyridine rings is 1. The van der Waals surface area contributed by atoms with Gasteiger partial charge < -0.3 is 5.32 Å². The Morgan fingerprint density at radius 3 is 2.79 bits per heavy atom. The zero-order valence-corrected chi connectivity index (χ0v) is 12.2. The van der Waals surface area contributed by atoms with Crippen molar-refractivity contribution in [2.45, 2.75) is 6.92 Å². The summed E-state index contributed by atoms with van der Waals surface area (Å²) in [5.74, 6) is -1.01. The van der Waals surface area contributed by atoms with Crippen LogP contribution in [-0.2, 0) is 0 Å². The van der Waals surface area contributed by atoms with Crippen LogP contribution in [0.2, 0.25) is 5.02 Å². The van der Waals surface area contributed by atoms with E-state index in [4.69, 9.17) is 11.6 Å². The van der Waals surface area contributed by atoms with Crippen molar-refractivity contribution in [2.24, 2.45) is 0 Å². The van der Waals surface area contributed by atoms with Gasteiger partial charge in [0.1, 0.15) is 5.82 Å². The number of benzene rings is 1. The minimum absolute atomic E-state index is 0.142. The highest BCUT2D eigenvalue weighted by Gasteiger charge is 2.11. The van der Waals surface area contributed by atoms with Crippen molar-refractivity contribution in [3.8, 4) is 0 Å². The van der Waals surface area contributed by atoms with E-state index < -0.39 is 11.7 Å². The third-order valence-corrected chi connectivity index (χ3v) is 3.53. The van der Waals surface area contributed by atoms with Crippen molar-refractivity contribution >= 4 is 39.1 Å². The van der Waals surface area contributed by atoms with Crippen molar-refractivity contribution in [3.63, 3.8) is 0 Å². The van der Waals surface area contributed by atoms with Crippen LogP contribution in [0.1, 0.15) is 15.9 Å². The fourth-order valence-corrected chi connectivity index (χ4v) is 2.19. The number of nitrogens with zero attached hydrogens (tertiary/aromatic N) is 1. The monoisotopic (exact) mass is 342 g/mol. The van der Waals surface area contributed by atoms with Crippen LogP contribution >= 0.6 is 27.5 Å². The van der Waals surface area contributed by atoms with Gasteiger partial charge in [-0.1, -0.05) is 11.6 Å². The molecule has 6 heteroatoms. The molecule has 98 valence electrons. The van der Waals surface area contributed by atoms with E-state index in [9.17, 15) is 9.18 Å². The number of carbonyl (C=O) groups excluding carboxylic acids is 1. The first-order valence-corrected chi connectivity index (χ1v) is 6.52. The fourth-order valence-electron chi connectivity index (χ4n) is 1.47. The molecule has 0 aliphatic heterocycles. The SMILES string of the molecule is Cc1cc(Br)c(NC(=O)c2cncc(F)c2)cc1Cl. The van der Waals surface area contributed by atoms with Gasteiger partial charge in [-0.15, -0.1) is 0 Å². The van der Waals surface area contributed by atoms with Gasteiger partial charge in [0.05, 0.1) is 17.4 Å². The van der Waals surface area contributed by atoms with Crippen LogP contribution in [0, 0.1) is 12.7 Å². The molecule has 3 nitrogen and oxygen atoms in total. The first-order chi connectivity index (χ1) is 8.97. The maximum atomic E-state index is 13.0. The third-order valence-electron chi connectivity index (χ3n) is 2.46. The Labute approximate surface area is 122 Å². The predicted octanol–water partition coefficient (Wildman–Crippen LogP) is 4.20. The molecule has 0 unspecified atom stereocenters. The van der Waals surface area contributed by atoms with E-state index in [0.717, 1.165) is 17.8 Å². The number of aromatic nitrogens is 1. The van der Waals surface area contributed by atoms with Gasteiger partial charge in [-0.25, -0.2) is 4.39 Å². The topological polar surface area (TPSA) is 42.0 Å². The van der Waals surface area contributed by atoms with Crippen LogP contribution in [0.25, 0.3) is 0 Å². The van der Waals surface area contributed by atoms with E-state index in [1.807, 2.05) is 6.92 Å². The van der Waals surface area contributed by atoms with Crippen LogP contribution in [-0.4, -0.2) is 10.9 Å². The second kappa shape index (κ2) is 5.67. The smallest absolute Gasteiger partial charge is 0.257 e. The number of anilines is 1. The second-order valence-corrected chi connectivity index (χ2v) is 5.19. The molecule has 0 radical (unpaired) electrons. The largest absolute Gasteiger partial charge is 0.321 e. The molecule has 0 spiro atoms. The molecule has 0 atom stereocenters. The molecule has 0 fully saturated rings. The Morgan fingerprint density at radius 2 is 2.11 bits per heavy atom. The Balaban J connectivity index is 2.27. The van der Waals surface area contributed by atoms with Gasteiger partial charge in [0, 0.05) is 15.7 Å². The van der Waals surface area contributed by atoms with Crippen LogP contribution in [0.5, 0.6) is 0 Å². The van der Waals surface area contributed by atoms with Gasteiger partial charge >= 0.3 is 0 Å². The molecule has 0 saturated carbocycles. The summed E-state index contributed by atoms with van der Waals surface area (Å²) in [5.41, 5.74) is 1.55. The van der Waals surface area contributed by atoms with Gasteiger partial charge in [-0.3, -0.25) is 9.78 Å². The molecule has 1 amide bonds. The van der Waals surface area contributed by atoms with Crippen molar-refractivity contribution in [3.05, 3.63) is 57.0 Å². The van der Waals surface area contributed by atoms with E-state index >= 15 is 0 Å². The lowest BCUT2D eigenvalue weighted by Gasteiger charge is -2.09. The maximum Gasteiger partial charge on any atom is 0.257 e. The predicted molar refractivity (Wildman–Crippen MR) is 76.0 cm³/mol. The number of aryl methyl sites for hydroxylation is 1. The number of rotatable bonds is 2. The molecule has 2 aromatic rings. The summed E-state index contributed by atoms with van der Waals surface area (Å²) in [7, 11) is 0. The summed E-state index contributed by atoms with van der Waals surface area (Å²) in [6.45, 7) is 1.86. The van der Waals surface area contributed by atoms with Gasteiger partial charge in [0.2, 0.25) is 0 Å². The van der Waals surface area contributed by atoms with E-state index in [0.29, 0.717) is 15.2 Å². The highest BCUT2D eigenvalue weighted by molar-refractivity contribution is 9.10. The number of hydrogen-bond donors (Lipinski definition) is 1. The van der Waals surface area contributed by atoms with E-state index in [-0.39, 0.29) is 5.56 Å². The summed E-state index contributed by atoms with van der Waals surface area (Å²) < 4.78 is 13.7. The number of halogens is 3. The standard InChI is InChI=1S/C13H9BrClFN2O/c1-7-2-10(14)12(4-11(7)15)18-13(19)8-3-9(16)6-17-5-8/h2-6H,1H3,(H,18,19). The minimum Gasteiger partial charge on any atom is -0.321 e. The van der Waals surface area contributed by atoms with E-state index in [1.165, 1.54) is 6.20 Å². The van der Waals surface area contributed by atoms with Crippen molar-refractivity contribution in [2.75, 3.05) is 5.32 Å². The quantitative estimate of drug-likeness (QED) is 0.888. The average molecular weight is 344 g/mol. The molecular weight excluding hydrogens is 335 g/mol. The summed E-state index contributed by atoms with van der Waals surface area (Å²) in [5, 5.41) is 3.18. The fraction of sp³-hybridized carbons (Fsp3) is 0.0769. The molecule has 0 aliphatic carbocycles. The summed E-state index contributed by atoms with van der Waals surface area (Å²) in [6.07, 6.45) is 2.33. The summed E-state index contributed by atoms with van der Waals surface area (Å²) >= 11 is 9.33. The van der Waals surface area contributed by atoms with Crippen molar-refractivity contribution in [1.29, 1.82) is 0 Å². The Kier molecular flexibility index (Phi) is 4.17. The Morgan fingerprint density at radius 1 is 1.37 bits per heavy atom. The van der Waals surface area contributed by atoms with Crippen LogP contribution in [0.3, 0.4) is 0 Å². The van der Waals surface area contributed by atoms with Crippen molar-refractivity contribution in [1.82, 2.24) is 4.98 Å². The first kappa shape index (κ1) is 14.0. The highest BCUT2D eigenvalue weighted by atomic mass is 79.9. The van der Waals surface area contributed by atoms with Crippen LogP contribution in [0.15, 0.2) is 35.1 Å². The van der Waals surface area contributed by atoms with Gasteiger partial charge in [0.25, 0.3) is 5.91 Å². The van der Waals surface area contributed by atoms with E-state index in [1.54, 1.807) is 12.1 Å². The normalized spacial score (nSPS) is 10.3. The molecule has 0 aliphatic rings. The van der Waals surface area contributed by atoms with Crippen LogP contribution in [0.4, 0.5) is 10.1 Å². The molecule has 1 N–H and O–H groups in total. The molecule has 1 heterocycles. The van der Waals surface area contributed by atoms with Gasteiger partial charge in [-0.2, -0.15) is 0 Å². The first-order valence-electron chi connectivity index (χ1n) is 5.35. The zero-order chi connectivity index (χ0) is 14.0. The molecule has 1 aromatic carbocycles. The lowest BCUT2D eigenvalue weighted by molar-refractivity contribution is 0.102. The number of nitrogens with one attached hydrogen (secondary N) is 1. The molecule has 19 heavy (non-hydrogen) atoms. The second-order valence-electron chi connectivity index (χ2n) is 3.93. The summed E-state index contributed by atoms with van der Waals surface area (Å²) in [4.78, 5) is 15.6. The van der Waals surface area contributed by atoms with Crippen LogP contribution < -0.4 is 5.32 Å². The Hall–Kier alpha value is -1.46. The Bertz CT molecular complexity index is 649.